The highest BCUT2D eigenvalue weighted by Gasteiger charge is 2.31. The Hall–Kier alpha value is -4.07. The SMILES string of the molecule is COC(=O)c1ccc2c(c1)NC(=O)/C2=C(/Nc1ccc(C(F)(F)F)cc1)c1ccccc1. The quantitative estimate of drug-likeness (QED) is 0.421. The zero-order valence-corrected chi connectivity index (χ0v) is 16.8. The largest absolute Gasteiger partial charge is 0.465 e. The topological polar surface area (TPSA) is 67.4 Å². The summed E-state index contributed by atoms with van der Waals surface area (Å²) in [5, 5.41) is 5.83. The standard InChI is InChI=1S/C24H17F3N2O3/c1-32-23(31)15-7-12-18-19(13-15)29-22(30)20(18)21(14-5-3-2-4-6-14)28-17-10-8-16(9-11-17)24(25,26)27/h2-13,28H,1H3,(H,29,30)/b21-20+. The molecule has 4 rings (SSSR count). The van der Waals surface area contributed by atoms with E-state index in [4.69, 9.17) is 4.74 Å². The number of fused-ring (bicyclic) bond motifs is 1. The van der Waals surface area contributed by atoms with Crippen LogP contribution < -0.4 is 10.6 Å². The summed E-state index contributed by atoms with van der Waals surface area (Å²) in [6, 6.07) is 18.2. The van der Waals surface area contributed by atoms with Crippen molar-refractivity contribution in [2.45, 2.75) is 6.18 Å². The molecule has 0 aromatic heterocycles. The summed E-state index contributed by atoms with van der Waals surface area (Å²) in [4.78, 5) is 24.7. The van der Waals surface area contributed by atoms with Crippen LogP contribution in [0, 0.1) is 0 Å². The number of carbonyl (C=O) groups excluding carboxylic acids is 2. The Morgan fingerprint density at radius 3 is 2.25 bits per heavy atom. The molecule has 162 valence electrons. The molecular formula is C24H17F3N2O3. The Bertz CT molecular complexity index is 1220. The first kappa shape index (κ1) is 21.2. The molecule has 0 aliphatic carbocycles. The minimum atomic E-state index is -4.44. The molecule has 0 radical (unpaired) electrons. The minimum absolute atomic E-state index is 0.282. The number of carbonyl (C=O) groups is 2. The van der Waals surface area contributed by atoms with E-state index in [2.05, 4.69) is 10.6 Å². The van der Waals surface area contributed by atoms with Crippen LogP contribution in [0.5, 0.6) is 0 Å². The normalized spacial score (nSPS) is 14.4. The summed E-state index contributed by atoms with van der Waals surface area (Å²) in [6.45, 7) is 0. The molecule has 8 heteroatoms. The molecule has 0 atom stereocenters. The van der Waals surface area contributed by atoms with Crippen LogP contribution in [-0.2, 0) is 15.7 Å². The molecule has 0 saturated carbocycles. The van der Waals surface area contributed by atoms with E-state index in [0.29, 0.717) is 33.8 Å². The second-order valence-electron chi connectivity index (χ2n) is 7.02. The van der Waals surface area contributed by atoms with Crippen molar-refractivity contribution in [3.8, 4) is 0 Å². The summed E-state index contributed by atoms with van der Waals surface area (Å²) >= 11 is 0. The molecular weight excluding hydrogens is 421 g/mol. The van der Waals surface area contributed by atoms with E-state index in [0.717, 1.165) is 12.1 Å². The predicted octanol–water partition coefficient (Wildman–Crippen LogP) is 5.42. The van der Waals surface area contributed by atoms with Gasteiger partial charge in [0, 0.05) is 11.3 Å². The van der Waals surface area contributed by atoms with Gasteiger partial charge in [-0.05, 0) is 42.0 Å². The Kier molecular flexibility index (Phi) is 5.44. The van der Waals surface area contributed by atoms with E-state index in [9.17, 15) is 22.8 Å². The highest BCUT2D eigenvalue weighted by molar-refractivity contribution is 6.37. The van der Waals surface area contributed by atoms with Crippen LogP contribution in [0.15, 0.2) is 72.8 Å². The summed E-state index contributed by atoms with van der Waals surface area (Å²) in [5.74, 6) is -0.939. The molecule has 3 aromatic carbocycles. The van der Waals surface area contributed by atoms with Crippen LogP contribution in [0.4, 0.5) is 24.5 Å². The van der Waals surface area contributed by atoms with Crippen LogP contribution >= 0.6 is 0 Å². The number of halogens is 3. The molecule has 3 aromatic rings. The van der Waals surface area contributed by atoms with Crippen LogP contribution in [0.25, 0.3) is 11.3 Å². The van der Waals surface area contributed by atoms with Gasteiger partial charge in [0.1, 0.15) is 0 Å². The first-order valence-electron chi connectivity index (χ1n) is 9.56. The third kappa shape index (κ3) is 4.07. The van der Waals surface area contributed by atoms with Gasteiger partial charge in [-0.25, -0.2) is 4.79 Å². The van der Waals surface area contributed by atoms with E-state index in [1.165, 1.54) is 25.3 Å². The Labute approximate surface area is 181 Å². The Balaban J connectivity index is 1.81. The number of rotatable bonds is 4. The number of nitrogens with one attached hydrogen (secondary N) is 2. The van der Waals surface area contributed by atoms with E-state index >= 15 is 0 Å². The number of ether oxygens (including phenoxy) is 1. The lowest BCUT2D eigenvalue weighted by molar-refractivity contribution is -0.137. The number of amides is 1. The maximum absolute atomic E-state index is 12.9. The lowest BCUT2D eigenvalue weighted by Gasteiger charge is -2.15. The molecule has 5 nitrogen and oxygen atoms in total. The number of hydrogen-bond acceptors (Lipinski definition) is 4. The fraction of sp³-hybridized carbons (Fsp3) is 0.0833. The second kappa shape index (κ2) is 8.22. The van der Waals surface area contributed by atoms with Gasteiger partial charge in [-0.1, -0.05) is 36.4 Å². The Morgan fingerprint density at radius 1 is 0.938 bits per heavy atom. The number of esters is 1. The summed E-state index contributed by atoms with van der Waals surface area (Å²) in [7, 11) is 1.26. The highest BCUT2D eigenvalue weighted by Crippen LogP contribution is 2.38. The molecule has 32 heavy (non-hydrogen) atoms. The highest BCUT2D eigenvalue weighted by atomic mass is 19.4. The van der Waals surface area contributed by atoms with Gasteiger partial charge in [-0.2, -0.15) is 13.2 Å². The predicted molar refractivity (Wildman–Crippen MR) is 115 cm³/mol. The molecule has 0 saturated heterocycles. The van der Waals surface area contributed by atoms with Crippen molar-refractivity contribution in [1.82, 2.24) is 0 Å². The maximum Gasteiger partial charge on any atom is 0.416 e. The molecule has 1 amide bonds. The number of methoxy groups -OCH3 is 1. The van der Waals surface area contributed by atoms with Gasteiger partial charge in [0.05, 0.1) is 35.2 Å². The zero-order chi connectivity index (χ0) is 22.9. The average molecular weight is 438 g/mol. The number of hydrogen-bond donors (Lipinski definition) is 2. The fourth-order valence-corrected chi connectivity index (χ4v) is 3.44. The number of alkyl halides is 3. The molecule has 0 unspecified atom stereocenters. The van der Waals surface area contributed by atoms with Crippen molar-refractivity contribution in [3.05, 3.63) is 95.1 Å². The molecule has 0 fully saturated rings. The second-order valence-corrected chi connectivity index (χ2v) is 7.02. The van der Waals surface area contributed by atoms with Gasteiger partial charge in [0.15, 0.2) is 0 Å². The number of anilines is 2. The lowest BCUT2D eigenvalue weighted by Crippen LogP contribution is -2.10. The summed E-state index contributed by atoms with van der Waals surface area (Å²) < 4.78 is 43.4. The van der Waals surface area contributed by atoms with Crippen molar-refractivity contribution < 1.29 is 27.5 Å². The molecule has 1 heterocycles. The smallest absolute Gasteiger partial charge is 0.416 e. The average Bonchev–Trinajstić information content (AvgIpc) is 3.12. The molecule has 0 spiro atoms. The lowest BCUT2D eigenvalue weighted by atomic mass is 9.99. The summed E-state index contributed by atoms with van der Waals surface area (Å²) in [6.07, 6.45) is -4.44. The third-order valence-electron chi connectivity index (χ3n) is 4.98. The number of benzene rings is 3. The van der Waals surface area contributed by atoms with E-state index in [-0.39, 0.29) is 5.56 Å². The van der Waals surface area contributed by atoms with Crippen molar-refractivity contribution in [3.63, 3.8) is 0 Å². The van der Waals surface area contributed by atoms with Gasteiger partial charge in [0.2, 0.25) is 0 Å². The minimum Gasteiger partial charge on any atom is -0.465 e. The van der Waals surface area contributed by atoms with Gasteiger partial charge < -0.3 is 15.4 Å². The molecule has 1 aliphatic rings. The van der Waals surface area contributed by atoms with Crippen LogP contribution in [0.2, 0.25) is 0 Å². The maximum atomic E-state index is 12.9. The van der Waals surface area contributed by atoms with Crippen LogP contribution in [-0.4, -0.2) is 19.0 Å². The first-order chi connectivity index (χ1) is 15.3. The van der Waals surface area contributed by atoms with Crippen molar-refractivity contribution >= 4 is 34.5 Å². The van der Waals surface area contributed by atoms with Crippen molar-refractivity contribution in [2.75, 3.05) is 17.7 Å². The zero-order valence-electron chi connectivity index (χ0n) is 16.8. The monoisotopic (exact) mass is 438 g/mol. The van der Waals surface area contributed by atoms with Crippen molar-refractivity contribution in [1.29, 1.82) is 0 Å². The van der Waals surface area contributed by atoms with Crippen LogP contribution in [0.3, 0.4) is 0 Å². The van der Waals surface area contributed by atoms with E-state index < -0.39 is 23.6 Å². The van der Waals surface area contributed by atoms with Gasteiger partial charge in [-0.3, -0.25) is 4.79 Å². The van der Waals surface area contributed by atoms with E-state index in [1.54, 1.807) is 36.4 Å². The third-order valence-corrected chi connectivity index (χ3v) is 4.98. The molecule has 0 bridgehead atoms. The van der Waals surface area contributed by atoms with E-state index in [1.807, 2.05) is 6.07 Å². The fourth-order valence-electron chi connectivity index (χ4n) is 3.44. The van der Waals surface area contributed by atoms with Gasteiger partial charge in [0.25, 0.3) is 5.91 Å². The molecule has 2 N–H and O–H groups in total. The van der Waals surface area contributed by atoms with Crippen molar-refractivity contribution in [2.24, 2.45) is 0 Å². The molecule has 1 aliphatic heterocycles. The summed E-state index contributed by atoms with van der Waals surface area (Å²) in [5.41, 5.74) is 2.30. The first-order valence-corrected chi connectivity index (χ1v) is 9.56. The van der Waals surface area contributed by atoms with Gasteiger partial charge >= 0.3 is 12.1 Å². The Morgan fingerprint density at radius 2 is 1.62 bits per heavy atom. The van der Waals surface area contributed by atoms with Gasteiger partial charge in [-0.15, -0.1) is 0 Å². The van der Waals surface area contributed by atoms with Crippen LogP contribution in [0.1, 0.15) is 27.0 Å².